The van der Waals surface area contributed by atoms with Crippen molar-refractivity contribution in [2.45, 2.75) is 50.0 Å². The number of carbonyl (C=O) groups excluding carboxylic acids is 3. The second-order valence-electron chi connectivity index (χ2n) is 12.7. The molecule has 6 rings (SSSR count). The highest BCUT2D eigenvalue weighted by molar-refractivity contribution is 6.06. The number of anilines is 1. The van der Waals surface area contributed by atoms with Gasteiger partial charge in [0.05, 0.1) is 24.2 Å². The second-order valence-corrected chi connectivity index (χ2v) is 12.7. The van der Waals surface area contributed by atoms with Crippen molar-refractivity contribution in [3.8, 4) is 0 Å². The summed E-state index contributed by atoms with van der Waals surface area (Å²) in [5.41, 5.74) is -0.734. The van der Waals surface area contributed by atoms with Crippen LogP contribution in [0.2, 0.25) is 0 Å². The molecule has 3 saturated heterocycles. The Morgan fingerprint density at radius 1 is 1.09 bits per heavy atom. The molecule has 0 radical (unpaired) electrons. The SMILES string of the molecule is C=CCOC(=O)[C@@H]1[C@H]2C(=O)N([C@@H](CO)Cc3ccccc3)C(C(=O)N(CC=C)c3ccc4ccccc4c3)C23CC(C)[C@@]1(C)O3. The average Bonchev–Trinajstić information content (AvgIpc) is 3.57. The van der Waals surface area contributed by atoms with Crippen LogP contribution in [-0.2, 0) is 30.3 Å². The summed E-state index contributed by atoms with van der Waals surface area (Å²) in [6.45, 7) is 11.2. The molecule has 3 aliphatic rings. The molecule has 8 nitrogen and oxygen atoms in total. The lowest BCUT2D eigenvalue weighted by Gasteiger charge is -2.39. The Labute approximate surface area is 263 Å². The molecule has 1 spiro atoms. The van der Waals surface area contributed by atoms with Gasteiger partial charge in [-0.2, -0.15) is 0 Å². The van der Waals surface area contributed by atoms with Crippen molar-refractivity contribution in [3.05, 3.63) is 104 Å². The van der Waals surface area contributed by atoms with Gasteiger partial charge in [-0.1, -0.05) is 86.3 Å². The van der Waals surface area contributed by atoms with Crippen molar-refractivity contribution in [1.29, 1.82) is 0 Å². The third kappa shape index (κ3) is 4.87. The summed E-state index contributed by atoms with van der Waals surface area (Å²) < 4.78 is 12.4. The monoisotopic (exact) mass is 608 g/mol. The van der Waals surface area contributed by atoms with Gasteiger partial charge in [-0.25, -0.2) is 0 Å². The molecular weight excluding hydrogens is 568 g/mol. The van der Waals surface area contributed by atoms with Gasteiger partial charge in [0.15, 0.2) is 0 Å². The zero-order valence-corrected chi connectivity index (χ0v) is 25.8. The van der Waals surface area contributed by atoms with E-state index in [0.717, 1.165) is 16.3 Å². The fourth-order valence-corrected chi connectivity index (χ4v) is 8.02. The molecule has 7 atom stereocenters. The Balaban J connectivity index is 1.49. The maximum atomic E-state index is 15.1. The van der Waals surface area contributed by atoms with Gasteiger partial charge in [0.1, 0.15) is 24.2 Å². The fraction of sp³-hybridized carbons (Fsp3) is 0.378. The van der Waals surface area contributed by atoms with Gasteiger partial charge < -0.3 is 24.4 Å². The Morgan fingerprint density at radius 3 is 2.49 bits per heavy atom. The van der Waals surface area contributed by atoms with E-state index in [1.54, 1.807) is 11.0 Å². The van der Waals surface area contributed by atoms with Crippen LogP contribution in [0.1, 0.15) is 25.8 Å². The molecule has 2 amide bonds. The minimum atomic E-state index is -1.29. The molecule has 234 valence electrons. The van der Waals surface area contributed by atoms with Crippen LogP contribution in [0.25, 0.3) is 10.8 Å². The third-order valence-corrected chi connectivity index (χ3v) is 10.1. The molecule has 0 aliphatic carbocycles. The molecule has 45 heavy (non-hydrogen) atoms. The molecular formula is C37H40N2O6. The molecule has 0 saturated carbocycles. The van der Waals surface area contributed by atoms with E-state index in [1.807, 2.05) is 86.6 Å². The number of aliphatic hydroxyl groups excluding tert-OH is 1. The van der Waals surface area contributed by atoms with Gasteiger partial charge >= 0.3 is 5.97 Å². The summed E-state index contributed by atoms with van der Waals surface area (Å²) in [4.78, 5) is 46.6. The summed E-state index contributed by atoms with van der Waals surface area (Å²) in [6.07, 6.45) is 3.87. The number of esters is 1. The molecule has 1 N–H and O–H groups in total. The number of hydrogen-bond donors (Lipinski definition) is 1. The number of rotatable bonds is 11. The maximum absolute atomic E-state index is 15.1. The summed E-state index contributed by atoms with van der Waals surface area (Å²) in [5, 5.41) is 12.8. The predicted octanol–water partition coefficient (Wildman–Crippen LogP) is 4.70. The largest absolute Gasteiger partial charge is 0.461 e. The van der Waals surface area contributed by atoms with Gasteiger partial charge in [0.25, 0.3) is 5.91 Å². The molecule has 3 fully saturated rings. The summed E-state index contributed by atoms with van der Waals surface area (Å²) >= 11 is 0. The minimum Gasteiger partial charge on any atom is -0.461 e. The van der Waals surface area contributed by atoms with Crippen molar-refractivity contribution in [2.24, 2.45) is 17.8 Å². The van der Waals surface area contributed by atoms with Crippen molar-refractivity contribution >= 4 is 34.2 Å². The highest BCUT2D eigenvalue weighted by Gasteiger charge is 2.80. The van der Waals surface area contributed by atoms with Crippen LogP contribution >= 0.6 is 0 Å². The Hall–Kier alpha value is -4.27. The van der Waals surface area contributed by atoms with Gasteiger partial charge in [-0.15, -0.1) is 6.58 Å². The van der Waals surface area contributed by atoms with Gasteiger partial charge in [0.2, 0.25) is 5.91 Å². The number of aliphatic hydroxyl groups is 1. The number of benzene rings is 3. The van der Waals surface area contributed by atoms with E-state index in [2.05, 4.69) is 13.2 Å². The zero-order valence-electron chi connectivity index (χ0n) is 25.8. The maximum Gasteiger partial charge on any atom is 0.313 e. The first kappa shape index (κ1) is 30.7. The highest BCUT2D eigenvalue weighted by Crippen LogP contribution is 2.65. The van der Waals surface area contributed by atoms with E-state index in [-0.39, 0.29) is 37.5 Å². The van der Waals surface area contributed by atoms with Gasteiger partial charge in [-0.3, -0.25) is 14.4 Å². The predicted molar refractivity (Wildman–Crippen MR) is 172 cm³/mol. The van der Waals surface area contributed by atoms with Crippen LogP contribution in [0.3, 0.4) is 0 Å². The van der Waals surface area contributed by atoms with Gasteiger partial charge in [0, 0.05) is 12.2 Å². The van der Waals surface area contributed by atoms with Crippen LogP contribution in [0.4, 0.5) is 5.69 Å². The number of amides is 2. The van der Waals surface area contributed by atoms with Crippen molar-refractivity contribution < 1.29 is 29.0 Å². The Bertz CT molecular complexity index is 1640. The molecule has 0 aromatic heterocycles. The number of carbonyl (C=O) groups is 3. The van der Waals surface area contributed by atoms with E-state index in [4.69, 9.17) is 9.47 Å². The van der Waals surface area contributed by atoms with E-state index in [0.29, 0.717) is 18.5 Å². The number of likely N-dealkylation sites (tertiary alicyclic amines) is 1. The molecule has 3 aliphatic heterocycles. The van der Waals surface area contributed by atoms with Crippen molar-refractivity contribution in [2.75, 3.05) is 24.7 Å². The van der Waals surface area contributed by atoms with E-state index in [9.17, 15) is 14.7 Å². The second kappa shape index (κ2) is 11.9. The Morgan fingerprint density at radius 2 is 1.80 bits per heavy atom. The lowest BCUT2D eigenvalue weighted by molar-refractivity contribution is -0.161. The van der Waals surface area contributed by atoms with Crippen molar-refractivity contribution in [3.63, 3.8) is 0 Å². The molecule has 3 aromatic carbocycles. The number of fused-ring (bicyclic) bond motifs is 2. The van der Waals surface area contributed by atoms with E-state index in [1.165, 1.54) is 11.0 Å². The van der Waals surface area contributed by atoms with Crippen LogP contribution in [0.15, 0.2) is 98.1 Å². The fourth-order valence-electron chi connectivity index (χ4n) is 8.02. The summed E-state index contributed by atoms with van der Waals surface area (Å²) in [6, 6.07) is 21.4. The minimum absolute atomic E-state index is 0.00211. The lowest BCUT2D eigenvalue weighted by atomic mass is 9.62. The van der Waals surface area contributed by atoms with E-state index >= 15 is 4.79 Å². The molecule has 2 bridgehead atoms. The van der Waals surface area contributed by atoms with Crippen LogP contribution < -0.4 is 4.90 Å². The van der Waals surface area contributed by atoms with Crippen LogP contribution in [0.5, 0.6) is 0 Å². The normalized spacial score (nSPS) is 29.0. The number of hydrogen-bond acceptors (Lipinski definition) is 6. The molecule has 3 aromatic rings. The standard InChI is InChI=1S/C37H40N2O6/c1-5-18-38(28-17-16-26-14-10-11-15-27(26)21-28)34(42)32-37-22-24(3)36(4,45-37)31(35(43)44-19-6-2)30(37)33(41)39(32)29(23-40)20-25-12-8-7-9-13-25/h5-17,21,24,29-32,40H,1-2,18-20,22-23H2,3-4H3/t24?,29-,30+,31+,32?,36-,37?/m1/s1. The Kier molecular flexibility index (Phi) is 8.14. The third-order valence-electron chi connectivity index (χ3n) is 10.1. The first-order chi connectivity index (χ1) is 21.7. The topological polar surface area (TPSA) is 96.4 Å². The number of nitrogens with zero attached hydrogens (tertiary/aromatic N) is 2. The first-order valence-corrected chi connectivity index (χ1v) is 15.6. The summed E-state index contributed by atoms with van der Waals surface area (Å²) in [5.74, 6) is -3.28. The molecule has 3 heterocycles. The number of ether oxygens (including phenoxy) is 2. The molecule has 8 heteroatoms. The quantitative estimate of drug-likeness (QED) is 0.251. The lowest BCUT2D eigenvalue weighted by Crippen LogP contribution is -2.59. The average molecular weight is 609 g/mol. The van der Waals surface area contributed by atoms with Crippen molar-refractivity contribution in [1.82, 2.24) is 4.90 Å². The first-order valence-electron chi connectivity index (χ1n) is 15.6. The zero-order chi connectivity index (χ0) is 31.9. The van der Waals surface area contributed by atoms with E-state index < -0.39 is 41.1 Å². The smallest absolute Gasteiger partial charge is 0.313 e. The van der Waals surface area contributed by atoms with Crippen LogP contribution in [-0.4, -0.2) is 70.8 Å². The molecule has 3 unspecified atom stereocenters. The highest BCUT2D eigenvalue weighted by atomic mass is 16.6. The van der Waals surface area contributed by atoms with Crippen LogP contribution in [0, 0.1) is 17.8 Å². The summed E-state index contributed by atoms with van der Waals surface area (Å²) in [7, 11) is 0. The van der Waals surface area contributed by atoms with Gasteiger partial charge in [-0.05, 0) is 54.2 Å².